The van der Waals surface area contributed by atoms with Crippen molar-refractivity contribution in [2.45, 2.75) is 69.0 Å². The van der Waals surface area contributed by atoms with Crippen LogP contribution in [0.15, 0.2) is 0 Å². The first-order valence-electron chi connectivity index (χ1n) is 7.56. The molecular weight excluding hydrogens is 224 g/mol. The Balaban J connectivity index is 1.74. The Hall–Kier alpha value is -0.410. The van der Waals surface area contributed by atoms with Gasteiger partial charge in [-0.3, -0.25) is 9.69 Å². The molecule has 0 N–H and O–H groups in total. The van der Waals surface area contributed by atoms with E-state index >= 15 is 0 Å². The number of piperidine rings is 1. The SMILES string of the molecule is CN(C)C1(CN2C3CCC2CC(=O)C3)CCCC1. The van der Waals surface area contributed by atoms with Gasteiger partial charge >= 0.3 is 0 Å². The largest absolute Gasteiger partial charge is 0.302 e. The van der Waals surface area contributed by atoms with E-state index in [1.165, 1.54) is 45.1 Å². The summed E-state index contributed by atoms with van der Waals surface area (Å²) in [4.78, 5) is 16.8. The third-order valence-electron chi connectivity index (χ3n) is 5.66. The Kier molecular flexibility index (Phi) is 3.23. The van der Waals surface area contributed by atoms with E-state index < -0.39 is 0 Å². The second kappa shape index (κ2) is 4.61. The fourth-order valence-electron chi connectivity index (χ4n) is 4.44. The van der Waals surface area contributed by atoms with Crippen molar-refractivity contribution in [2.75, 3.05) is 20.6 Å². The summed E-state index contributed by atoms with van der Waals surface area (Å²) < 4.78 is 0. The van der Waals surface area contributed by atoms with Crippen LogP contribution in [0.1, 0.15) is 51.4 Å². The number of hydrogen-bond donors (Lipinski definition) is 0. The van der Waals surface area contributed by atoms with Crippen molar-refractivity contribution in [3.63, 3.8) is 0 Å². The summed E-state index contributed by atoms with van der Waals surface area (Å²) in [5, 5.41) is 0. The number of rotatable bonds is 3. The van der Waals surface area contributed by atoms with Crippen LogP contribution in [0.5, 0.6) is 0 Å². The molecule has 0 radical (unpaired) electrons. The molecule has 102 valence electrons. The lowest BCUT2D eigenvalue weighted by molar-refractivity contribution is -0.124. The molecule has 18 heavy (non-hydrogen) atoms. The van der Waals surface area contributed by atoms with E-state index in [1.54, 1.807) is 0 Å². The van der Waals surface area contributed by atoms with Crippen molar-refractivity contribution in [3.05, 3.63) is 0 Å². The molecule has 3 heteroatoms. The summed E-state index contributed by atoms with van der Waals surface area (Å²) >= 11 is 0. The number of carbonyl (C=O) groups excluding carboxylic acids is 1. The number of nitrogens with zero attached hydrogens (tertiary/aromatic N) is 2. The number of hydrogen-bond acceptors (Lipinski definition) is 3. The number of ketones is 1. The monoisotopic (exact) mass is 250 g/mol. The maximum Gasteiger partial charge on any atom is 0.136 e. The minimum absolute atomic E-state index is 0.390. The van der Waals surface area contributed by atoms with Crippen molar-refractivity contribution in [1.29, 1.82) is 0 Å². The Morgan fingerprint density at radius 2 is 1.72 bits per heavy atom. The van der Waals surface area contributed by atoms with E-state index in [1.807, 2.05) is 0 Å². The Morgan fingerprint density at radius 3 is 2.22 bits per heavy atom. The van der Waals surface area contributed by atoms with Crippen LogP contribution in [0, 0.1) is 0 Å². The first-order chi connectivity index (χ1) is 8.61. The summed E-state index contributed by atoms with van der Waals surface area (Å²) in [6.07, 6.45) is 9.56. The van der Waals surface area contributed by atoms with E-state index in [2.05, 4.69) is 23.9 Å². The third kappa shape index (κ3) is 2.01. The van der Waals surface area contributed by atoms with Crippen molar-refractivity contribution in [1.82, 2.24) is 9.80 Å². The standard InChI is InChI=1S/C15H26N2O/c1-16(2)15(7-3-4-8-15)11-17-12-5-6-13(17)10-14(18)9-12/h12-13H,3-11H2,1-2H3. The van der Waals surface area contributed by atoms with Gasteiger partial charge < -0.3 is 4.90 Å². The fraction of sp³-hybridized carbons (Fsp3) is 0.933. The maximum absolute atomic E-state index is 11.7. The average molecular weight is 250 g/mol. The zero-order chi connectivity index (χ0) is 12.8. The third-order valence-corrected chi connectivity index (χ3v) is 5.66. The van der Waals surface area contributed by atoms with Crippen LogP contribution >= 0.6 is 0 Å². The Labute approximate surface area is 111 Å². The van der Waals surface area contributed by atoms with Gasteiger partial charge in [0.25, 0.3) is 0 Å². The van der Waals surface area contributed by atoms with E-state index in [-0.39, 0.29) is 0 Å². The molecule has 1 aliphatic carbocycles. The summed E-state index contributed by atoms with van der Waals surface area (Å²) in [6.45, 7) is 1.20. The van der Waals surface area contributed by atoms with Gasteiger partial charge in [0.15, 0.2) is 0 Å². The zero-order valence-electron chi connectivity index (χ0n) is 11.8. The number of likely N-dealkylation sites (N-methyl/N-ethyl adjacent to an activating group) is 1. The molecule has 0 spiro atoms. The molecule has 3 nitrogen and oxygen atoms in total. The summed E-state index contributed by atoms with van der Waals surface area (Å²) in [6, 6.07) is 1.13. The molecule has 1 saturated carbocycles. The molecule has 2 heterocycles. The van der Waals surface area contributed by atoms with E-state index in [0.29, 0.717) is 23.4 Å². The van der Waals surface area contributed by atoms with Gasteiger partial charge in [0, 0.05) is 37.0 Å². The van der Waals surface area contributed by atoms with Gasteiger partial charge in [-0.05, 0) is 39.8 Å². The molecule has 2 saturated heterocycles. The Bertz CT molecular complexity index is 317. The van der Waals surface area contributed by atoms with E-state index in [0.717, 1.165) is 12.8 Å². The van der Waals surface area contributed by atoms with E-state index in [9.17, 15) is 4.79 Å². The van der Waals surface area contributed by atoms with Crippen molar-refractivity contribution < 1.29 is 4.79 Å². The molecule has 2 aliphatic heterocycles. The minimum Gasteiger partial charge on any atom is -0.302 e. The zero-order valence-corrected chi connectivity index (χ0v) is 11.8. The Morgan fingerprint density at radius 1 is 1.17 bits per heavy atom. The lowest BCUT2D eigenvalue weighted by Gasteiger charge is -2.44. The van der Waals surface area contributed by atoms with Crippen LogP contribution in [0.3, 0.4) is 0 Å². The predicted molar refractivity (Wildman–Crippen MR) is 72.6 cm³/mol. The second-order valence-corrected chi connectivity index (χ2v) is 6.83. The highest BCUT2D eigenvalue weighted by Gasteiger charge is 2.45. The second-order valence-electron chi connectivity index (χ2n) is 6.83. The average Bonchev–Trinajstić information content (AvgIpc) is 2.86. The molecule has 0 aromatic heterocycles. The van der Waals surface area contributed by atoms with Gasteiger partial charge in [0.1, 0.15) is 5.78 Å². The van der Waals surface area contributed by atoms with Crippen LogP contribution in [-0.4, -0.2) is 53.8 Å². The van der Waals surface area contributed by atoms with Gasteiger partial charge in [-0.2, -0.15) is 0 Å². The van der Waals surface area contributed by atoms with Crippen LogP contribution in [0.4, 0.5) is 0 Å². The molecule has 0 amide bonds. The summed E-state index contributed by atoms with van der Waals surface area (Å²) in [5.74, 6) is 0.504. The molecule has 3 fully saturated rings. The first-order valence-corrected chi connectivity index (χ1v) is 7.56. The lowest BCUT2D eigenvalue weighted by Crippen LogP contribution is -2.55. The van der Waals surface area contributed by atoms with Crippen LogP contribution in [0.25, 0.3) is 0 Å². The molecule has 0 aromatic rings. The summed E-state index contributed by atoms with van der Waals surface area (Å²) in [7, 11) is 4.48. The molecule has 3 rings (SSSR count). The fourth-order valence-corrected chi connectivity index (χ4v) is 4.44. The molecule has 2 atom stereocenters. The van der Waals surface area contributed by atoms with Gasteiger partial charge in [0.05, 0.1) is 0 Å². The highest BCUT2D eigenvalue weighted by molar-refractivity contribution is 5.80. The minimum atomic E-state index is 0.390. The highest BCUT2D eigenvalue weighted by Crippen LogP contribution is 2.40. The van der Waals surface area contributed by atoms with Crippen molar-refractivity contribution >= 4 is 5.78 Å². The molecule has 2 bridgehead atoms. The normalized spacial score (nSPS) is 35.6. The van der Waals surface area contributed by atoms with Gasteiger partial charge in [-0.15, -0.1) is 0 Å². The predicted octanol–water partition coefficient (Wildman–Crippen LogP) is 2.06. The highest BCUT2D eigenvalue weighted by atomic mass is 16.1. The van der Waals surface area contributed by atoms with Crippen LogP contribution in [0.2, 0.25) is 0 Å². The molecular formula is C15H26N2O. The van der Waals surface area contributed by atoms with Crippen molar-refractivity contribution in [2.24, 2.45) is 0 Å². The van der Waals surface area contributed by atoms with Crippen LogP contribution in [-0.2, 0) is 4.79 Å². The van der Waals surface area contributed by atoms with Gasteiger partial charge in [-0.1, -0.05) is 12.8 Å². The molecule has 3 aliphatic rings. The van der Waals surface area contributed by atoms with Gasteiger partial charge in [0.2, 0.25) is 0 Å². The number of carbonyl (C=O) groups is 1. The first kappa shape index (κ1) is 12.6. The maximum atomic E-state index is 11.7. The van der Waals surface area contributed by atoms with Gasteiger partial charge in [-0.25, -0.2) is 0 Å². The molecule has 2 unspecified atom stereocenters. The molecule has 0 aromatic carbocycles. The van der Waals surface area contributed by atoms with Crippen LogP contribution < -0.4 is 0 Å². The van der Waals surface area contributed by atoms with E-state index in [4.69, 9.17) is 0 Å². The van der Waals surface area contributed by atoms with Crippen molar-refractivity contribution in [3.8, 4) is 0 Å². The number of fused-ring (bicyclic) bond motifs is 2. The number of Topliss-reactive ketones (excluding diaryl/α,β-unsaturated/α-hetero) is 1. The summed E-state index contributed by atoms with van der Waals surface area (Å²) in [5.41, 5.74) is 0.390. The smallest absolute Gasteiger partial charge is 0.136 e. The lowest BCUT2D eigenvalue weighted by atomic mass is 9.92. The topological polar surface area (TPSA) is 23.6 Å². The quantitative estimate of drug-likeness (QED) is 0.766.